The Balaban J connectivity index is 2.79. The fourth-order valence-corrected chi connectivity index (χ4v) is 1.87. The average molecular weight is 235 g/mol. The van der Waals surface area contributed by atoms with Gasteiger partial charge in [-0.25, -0.2) is 4.79 Å². The van der Waals surface area contributed by atoms with Crippen molar-refractivity contribution in [2.45, 2.75) is 39.8 Å². The molecule has 3 nitrogen and oxygen atoms in total. The fraction of sp³-hybridized carbons (Fsp3) is 0.500. The summed E-state index contributed by atoms with van der Waals surface area (Å²) in [6.45, 7) is 8.29. The Morgan fingerprint density at radius 3 is 2.65 bits per heavy atom. The van der Waals surface area contributed by atoms with E-state index in [1.807, 2.05) is 12.1 Å². The first kappa shape index (κ1) is 13.7. The normalized spacial score (nSPS) is 12.7. The Hall–Kier alpha value is -1.35. The molecule has 0 spiro atoms. The predicted molar refractivity (Wildman–Crippen MR) is 69.2 cm³/mol. The molecule has 0 bridgehead atoms. The number of rotatable bonds is 6. The van der Waals surface area contributed by atoms with Crippen LogP contribution < -0.4 is 0 Å². The fourth-order valence-electron chi connectivity index (χ4n) is 1.87. The highest BCUT2D eigenvalue weighted by molar-refractivity contribution is 5.87. The summed E-state index contributed by atoms with van der Waals surface area (Å²) in [7, 11) is 0. The number of carboxylic acid groups (broad SMARTS) is 1. The highest BCUT2D eigenvalue weighted by Crippen LogP contribution is 2.12. The number of aromatic carboxylic acids is 1. The molecule has 1 aromatic carbocycles. The summed E-state index contributed by atoms with van der Waals surface area (Å²) in [5.74, 6) is -0.863. The molecule has 0 heterocycles. The zero-order valence-corrected chi connectivity index (χ0v) is 10.8. The maximum Gasteiger partial charge on any atom is 0.335 e. The second-order valence-electron chi connectivity index (χ2n) is 4.33. The molecule has 94 valence electrons. The van der Waals surface area contributed by atoms with Crippen molar-refractivity contribution in [1.82, 2.24) is 4.90 Å². The van der Waals surface area contributed by atoms with Crippen LogP contribution in [0.5, 0.6) is 0 Å². The van der Waals surface area contributed by atoms with Crippen LogP contribution in [0.2, 0.25) is 0 Å². The van der Waals surface area contributed by atoms with E-state index in [0.717, 1.165) is 25.1 Å². The van der Waals surface area contributed by atoms with Crippen molar-refractivity contribution in [1.29, 1.82) is 0 Å². The molecular weight excluding hydrogens is 214 g/mol. The number of benzene rings is 1. The predicted octanol–water partition coefficient (Wildman–Crippen LogP) is 3.01. The van der Waals surface area contributed by atoms with Gasteiger partial charge in [0.25, 0.3) is 0 Å². The summed E-state index contributed by atoms with van der Waals surface area (Å²) >= 11 is 0. The Kier molecular flexibility index (Phi) is 5.16. The Bertz CT molecular complexity index is 376. The molecule has 0 radical (unpaired) electrons. The molecule has 3 heteroatoms. The van der Waals surface area contributed by atoms with Gasteiger partial charge < -0.3 is 5.11 Å². The van der Waals surface area contributed by atoms with Gasteiger partial charge in [0, 0.05) is 12.6 Å². The van der Waals surface area contributed by atoms with Crippen LogP contribution in [0.4, 0.5) is 0 Å². The number of carbonyl (C=O) groups is 1. The standard InChI is InChI=1S/C14H21NO2/c1-4-11(3)15(5-2)10-12-7-6-8-13(9-12)14(16)17/h6-9,11H,4-5,10H2,1-3H3,(H,16,17). The van der Waals surface area contributed by atoms with E-state index in [4.69, 9.17) is 5.11 Å². The number of carboxylic acids is 1. The molecule has 0 aliphatic rings. The van der Waals surface area contributed by atoms with Crippen molar-refractivity contribution in [3.8, 4) is 0 Å². The third kappa shape index (κ3) is 3.86. The van der Waals surface area contributed by atoms with E-state index < -0.39 is 5.97 Å². The molecule has 1 atom stereocenters. The highest BCUT2D eigenvalue weighted by atomic mass is 16.4. The molecule has 0 aliphatic heterocycles. The largest absolute Gasteiger partial charge is 0.478 e. The van der Waals surface area contributed by atoms with E-state index in [-0.39, 0.29) is 0 Å². The molecule has 1 rings (SSSR count). The molecule has 0 saturated heterocycles. The van der Waals surface area contributed by atoms with Crippen LogP contribution in [0.15, 0.2) is 24.3 Å². The molecule has 1 N–H and O–H groups in total. The van der Waals surface area contributed by atoms with E-state index in [9.17, 15) is 4.79 Å². The first-order chi connectivity index (χ1) is 8.08. The van der Waals surface area contributed by atoms with Gasteiger partial charge in [-0.2, -0.15) is 0 Å². The minimum atomic E-state index is -0.863. The summed E-state index contributed by atoms with van der Waals surface area (Å²) in [4.78, 5) is 13.2. The van der Waals surface area contributed by atoms with E-state index in [2.05, 4.69) is 25.7 Å². The van der Waals surface area contributed by atoms with Crippen LogP contribution >= 0.6 is 0 Å². The van der Waals surface area contributed by atoms with Crippen molar-refractivity contribution in [2.24, 2.45) is 0 Å². The zero-order chi connectivity index (χ0) is 12.8. The van der Waals surface area contributed by atoms with Crippen LogP contribution in [0, 0.1) is 0 Å². The quantitative estimate of drug-likeness (QED) is 0.824. The summed E-state index contributed by atoms with van der Waals surface area (Å²) in [5, 5.41) is 8.94. The Morgan fingerprint density at radius 1 is 1.41 bits per heavy atom. The van der Waals surface area contributed by atoms with Crippen molar-refractivity contribution in [3.05, 3.63) is 35.4 Å². The van der Waals surface area contributed by atoms with E-state index >= 15 is 0 Å². The first-order valence-corrected chi connectivity index (χ1v) is 6.14. The lowest BCUT2D eigenvalue weighted by molar-refractivity contribution is 0.0696. The molecule has 0 saturated carbocycles. The van der Waals surface area contributed by atoms with E-state index in [1.165, 1.54) is 0 Å². The average Bonchev–Trinajstić information content (AvgIpc) is 2.35. The third-order valence-electron chi connectivity index (χ3n) is 3.18. The lowest BCUT2D eigenvalue weighted by Gasteiger charge is -2.27. The Morgan fingerprint density at radius 2 is 2.12 bits per heavy atom. The van der Waals surface area contributed by atoms with Crippen molar-refractivity contribution < 1.29 is 9.90 Å². The van der Waals surface area contributed by atoms with Crippen LogP contribution in [0.25, 0.3) is 0 Å². The van der Waals surface area contributed by atoms with Crippen LogP contribution in [0.3, 0.4) is 0 Å². The topological polar surface area (TPSA) is 40.5 Å². The van der Waals surface area contributed by atoms with Gasteiger partial charge in [0.1, 0.15) is 0 Å². The zero-order valence-electron chi connectivity index (χ0n) is 10.8. The van der Waals surface area contributed by atoms with Gasteiger partial charge in [-0.1, -0.05) is 26.0 Å². The second-order valence-corrected chi connectivity index (χ2v) is 4.33. The molecular formula is C14H21NO2. The van der Waals surface area contributed by atoms with E-state index in [0.29, 0.717) is 11.6 Å². The van der Waals surface area contributed by atoms with Crippen molar-refractivity contribution in [3.63, 3.8) is 0 Å². The highest BCUT2D eigenvalue weighted by Gasteiger charge is 2.11. The monoisotopic (exact) mass is 235 g/mol. The van der Waals surface area contributed by atoms with Crippen molar-refractivity contribution in [2.75, 3.05) is 6.54 Å². The van der Waals surface area contributed by atoms with Crippen LogP contribution in [-0.4, -0.2) is 28.6 Å². The molecule has 0 aromatic heterocycles. The van der Waals surface area contributed by atoms with Crippen molar-refractivity contribution >= 4 is 5.97 Å². The van der Waals surface area contributed by atoms with Gasteiger partial charge in [-0.15, -0.1) is 0 Å². The summed E-state index contributed by atoms with van der Waals surface area (Å²) in [6, 6.07) is 7.70. The van der Waals surface area contributed by atoms with Crippen LogP contribution in [-0.2, 0) is 6.54 Å². The van der Waals surface area contributed by atoms with Gasteiger partial charge in [0.2, 0.25) is 0 Å². The Labute approximate surface area is 103 Å². The lowest BCUT2D eigenvalue weighted by atomic mass is 10.1. The summed E-state index contributed by atoms with van der Waals surface area (Å²) in [5.41, 5.74) is 1.43. The maximum atomic E-state index is 10.9. The lowest BCUT2D eigenvalue weighted by Crippen LogP contribution is -2.31. The maximum absolute atomic E-state index is 10.9. The van der Waals surface area contributed by atoms with Gasteiger partial charge in [0.15, 0.2) is 0 Å². The minimum Gasteiger partial charge on any atom is -0.478 e. The molecule has 1 aromatic rings. The molecule has 0 fully saturated rings. The summed E-state index contributed by atoms with van der Waals surface area (Å²) < 4.78 is 0. The molecule has 1 unspecified atom stereocenters. The number of hydrogen-bond acceptors (Lipinski definition) is 2. The second kappa shape index (κ2) is 6.40. The van der Waals surface area contributed by atoms with Gasteiger partial charge in [-0.05, 0) is 37.6 Å². The van der Waals surface area contributed by atoms with Gasteiger partial charge in [-0.3, -0.25) is 4.90 Å². The third-order valence-corrected chi connectivity index (χ3v) is 3.18. The summed E-state index contributed by atoms with van der Waals surface area (Å²) in [6.07, 6.45) is 1.10. The SMILES string of the molecule is CCC(C)N(CC)Cc1cccc(C(=O)O)c1. The smallest absolute Gasteiger partial charge is 0.335 e. The minimum absolute atomic E-state index is 0.364. The first-order valence-electron chi connectivity index (χ1n) is 6.14. The molecule has 17 heavy (non-hydrogen) atoms. The molecule has 0 aliphatic carbocycles. The van der Waals surface area contributed by atoms with Gasteiger partial charge in [0.05, 0.1) is 5.56 Å². The molecule has 0 amide bonds. The van der Waals surface area contributed by atoms with Gasteiger partial charge >= 0.3 is 5.97 Å². The number of hydrogen-bond donors (Lipinski definition) is 1. The number of nitrogens with zero attached hydrogens (tertiary/aromatic N) is 1. The van der Waals surface area contributed by atoms with E-state index in [1.54, 1.807) is 12.1 Å². The van der Waals surface area contributed by atoms with Crippen LogP contribution in [0.1, 0.15) is 43.1 Å².